The van der Waals surface area contributed by atoms with Gasteiger partial charge in [0.1, 0.15) is 0 Å². The molecule has 6 aliphatic carbocycles. The van der Waals surface area contributed by atoms with Crippen molar-refractivity contribution in [3.05, 3.63) is 0 Å². The summed E-state index contributed by atoms with van der Waals surface area (Å²) < 4.78 is 0. The Morgan fingerprint density at radius 1 is 0.733 bits per heavy atom. The molecular formula is C25H58N2S3. The van der Waals surface area contributed by atoms with E-state index in [0.717, 1.165) is 54.6 Å². The van der Waals surface area contributed by atoms with Crippen molar-refractivity contribution in [2.75, 3.05) is 19.6 Å². The molecule has 2 nitrogen and oxygen atoms in total. The number of nitrogens with one attached hydrogen (secondary N) is 2. The van der Waals surface area contributed by atoms with Crippen LogP contribution in [0.3, 0.4) is 0 Å². The average molecular weight is 483 g/mol. The van der Waals surface area contributed by atoms with Gasteiger partial charge < -0.3 is 10.6 Å². The molecule has 0 spiro atoms. The number of hydrogen-bond acceptors (Lipinski definition) is 2. The maximum Gasteiger partial charge on any atom is 0.00989 e. The highest BCUT2D eigenvalue weighted by Gasteiger charge is 2.56. The van der Waals surface area contributed by atoms with Crippen molar-refractivity contribution in [2.24, 2.45) is 46.3 Å². The van der Waals surface area contributed by atoms with Crippen LogP contribution in [0.25, 0.3) is 0 Å². The molecule has 30 heavy (non-hydrogen) atoms. The van der Waals surface area contributed by atoms with Gasteiger partial charge in [0.2, 0.25) is 0 Å². The lowest BCUT2D eigenvalue weighted by Gasteiger charge is -2.62. The van der Waals surface area contributed by atoms with E-state index in [0.29, 0.717) is 10.8 Å². The molecule has 6 rings (SSSR count). The first-order valence-electron chi connectivity index (χ1n) is 10.8. The predicted octanol–water partition coefficient (Wildman–Crippen LogP) is 6.56. The fourth-order valence-electron chi connectivity index (χ4n) is 7.26. The molecule has 0 amide bonds. The Bertz CT molecular complexity index is 481. The van der Waals surface area contributed by atoms with Gasteiger partial charge in [0, 0.05) is 19.1 Å². The van der Waals surface area contributed by atoms with Crippen LogP contribution >= 0.6 is 40.5 Å². The maximum atomic E-state index is 3.88. The Morgan fingerprint density at radius 2 is 1.30 bits per heavy atom. The molecule has 0 aliphatic heterocycles. The second kappa shape index (κ2) is 13.0. The van der Waals surface area contributed by atoms with Crippen LogP contribution in [0, 0.1) is 46.3 Å². The van der Waals surface area contributed by atoms with E-state index in [1.165, 1.54) is 38.6 Å². The predicted molar refractivity (Wildman–Crippen MR) is 153 cm³/mol. The van der Waals surface area contributed by atoms with Gasteiger partial charge in [-0.05, 0) is 85.0 Å². The first-order valence-corrected chi connectivity index (χ1v) is 10.8. The van der Waals surface area contributed by atoms with Crippen molar-refractivity contribution >= 4 is 40.5 Å². The summed E-state index contributed by atoms with van der Waals surface area (Å²) in [4.78, 5) is 0. The summed E-state index contributed by atoms with van der Waals surface area (Å²) in [7, 11) is 0. The Kier molecular flexibility index (Phi) is 15.4. The third kappa shape index (κ3) is 5.90. The van der Waals surface area contributed by atoms with Gasteiger partial charge in [0.25, 0.3) is 0 Å². The molecule has 6 aliphatic rings. The zero-order valence-electron chi connectivity index (χ0n) is 18.2. The van der Waals surface area contributed by atoms with Gasteiger partial charge in [-0.1, -0.05) is 56.9 Å². The fraction of sp³-hybridized carbons (Fsp3) is 1.00. The largest absolute Gasteiger partial charge is 0.315 e. The summed E-state index contributed by atoms with van der Waals surface area (Å²) >= 11 is 0. The second-order valence-corrected chi connectivity index (χ2v) is 10.9. The van der Waals surface area contributed by atoms with Crippen LogP contribution in [0.4, 0.5) is 0 Å². The van der Waals surface area contributed by atoms with Crippen LogP contribution in [-0.4, -0.2) is 25.7 Å². The SMILES string of the molecule is C.C.C.C[C@@H]1C2C[C@@H](C[C@H]1NCCNCC1CCC3C[C@@H]1C3(C)C)C2(C)C.S.S.S. The molecule has 6 saturated carbocycles. The van der Waals surface area contributed by atoms with E-state index in [1.54, 1.807) is 0 Å². The second-order valence-electron chi connectivity index (χ2n) is 10.9. The molecule has 0 radical (unpaired) electrons. The van der Waals surface area contributed by atoms with Gasteiger partial charge in [-0.15, -0.1) is 0 Å². The Hall–Kier alpha value is 0.970. The van der Waals surface area contributed by atoms with Gasteiger partial charge in [-0.3, -0.25) is 0 Å². The minimum Gasteiger partial charge on any atom is -0.315 e. The molecule has 3 unspecified atom stereocenters. The lowest BCUT2D eigenvalue weighted by molar-refractivity contribution is -0.115. The van der Waals surface area contributed by atoms with Crippen LogP contribution in [0.5, 0.6) is 0 Å². The molecule has 4 bridgehead atoms. The quantitative estimate of drug-likeness (QED) is 0.419. The summed E-state index contributed by atoms with van der Waals surface area (Å²) in [5.74, 6) is 5.74. The van der Waals surface area contributed by atoms with Crippen LogP contribution < -0.4 is 10.6 Å². The van der Waals surface area contributed by atoms with Gasteiger partial charge in [0.15, 0.2) is 0 Å². The third-order valence-corrected chi connectivity index (χ3v) is 9.47. The van der Waals surface area contributed by atoms with E-state index in [2.05, 4.69) is 45.3 Å². The highest BCUT2D eigenvalue weighted by atomic mass is 32.1. The van der Waals surface area contributed by atoms with Gasteiger partial charge in [-0.25, -0.2) is 0 Å². The van der Waals surface area contributed by atoms with Crippen molar-refractivity contribution in [3.63, 3.8) is 0 Å². The highest BCUT2D eigenvalue weighted by molar-refractivity contribution is 7.59. The van der Waals surface area contributed by atoms with E-state index in [9.17, 15) is 0 Å². The van der Waals surface area contributed by atoms with Crippen molar-refractivity contribution in [1.29, 1.82) is 0 Å². The zero-order valence-corrected chi connectivity index (χ0v) is 21.2. The molecule has 2 N–H and O–H groups in total. The number of hydrogen-bond donors (Lipinski definition) is 2. The Balaban J connectivity index is -0.00000121. The van der Waals surface area contributed by atoms with Crippen molar-refractivity contribution < 1.29 is 0 Å². The smallest absolute Gasteiger partial charge is 0.00989 e. The van der Waals surface area contributed by atoms with Crippen LogP contribution in [-0.2, 0) is 0 Å². The highest BCUT2D eigenvalue weighted by Crippen LogP contribution is 2.62. The van der Waals surface area contributed by atoms with E-state index in [-0.39, 0.29) is 62.8 Å². The molecular weight excluding hydrogens is 424 g/mol. The minimum absolute atomic E-state index is 0. The third-order valence-electron chi connectivity index (χ3n) is 9.47. The minimum atomic E-state index is 0. The van der Waals surface area contributed by atoms with E-state index >= 15 is 0 Å². The Morgan fingerprint density at radius 3 is 1.80 bits per heavy atom. The van der Waals surface area contributed by atoms with E-state index in [4.69, 9.17) is 0 Å². The van der Waals surface area contributed by atoms with Gasteiger partial charge in [-0.2, -0.15) is 40.5 Å². The lowest BCUT2D eigenvalue weighted by atomic mass is 9.45. The molecule has 6 fully saturated rings. The molecule has 0 saturated heterocycles. The van der Waals surface area contributed by atoms with Gasteiger partial charge >= 0.3 is 0 Å². The average Bonchev–Trinajstić information content (AvgIpc) is 2.55. The summed E-state index contributed by atoms with van der Waals surface area (Å²) in [5.41, 5.74) is 1.25. The van der Waals surface area contributed by atoms with Crippen LogP contribution in [0.2, 0.25) is 0 Å². The van der Waals surface area contributed by atoms with Gasteiger partial charge in [0.05, 0.1) is 0 Å². The van der Waals surface area contributed by atoms with E-state index in [1.807, 2.05) is 0 Å². The number of rotatable bonds is 6. The van der Waals surface area contributed by atoms with Crippen molar-refractivity contribution in [2.45, 2.75) is 95.0 Å². The first kappa shape index (κ1) is 35.6. The summed E-state index contributed by atoms with van der Waals surface area (Å²) in [6.45, 7) is 16.1. The summed E-state index contributed by atoms with van der Waals surface area (Å²) in [6, 6.07) is 0.768. The van der Waals surface area contributed by atoms with E-state index < -0.39 is 0 Å². The maximum absolute atomic E-state index is 3.88. The molecule has 0 aromatic rings. The summed E-state index contributed by atoms with van der Waals surface area (Å²) in [5, 5.41) is 7.66. The fourth-order valence-corrected chi connectivity index (χ4v) is 7.26. The van der Waals surface area contributed by atoms with Crippen molar-refractivity contribution in [3.8, 4) is 0 Å². The van der Waals surface area contributed by atoms with Crippen molar-refractivity contribution in [1.82, 2.24) is 10.6 Å². The molecule has 0 heterocycles. The first-order chi connectivity index (χ1) is 11.3. The molecule has 186 valence electrons. The number of fused-ring (bicyclic) bond motifs is 4. The monoisotopic (exact) mass is 482 g/mol. The molecule has 0 aromatic heterocycles. The topological polar surface area (TPSA) is 24.1 Å². The molecule has 7 atom stereocenters. The summed E-state index contributed by atoms with van der Waals surface area (Å²) in [6.07, 6.45) is 7.36. The molecule has 5 heteroatoms. The lowest BCUT2D eigenvalue weighted by Crippen LogP contribution is -2.60. The normalized spacial score (nSPS) is 38.1. The Labute approximate surface area is 211 Å². The van der Waals surface area contributed by atoms with Crippen LogP contribution in [0.15, 0.2) is 0 Å². The van der Waals surface area contributed by atoms with Crippen LogP contribution in [0.1, 0.15) is 89.0 Å². The zero-order chi connectivity index (χ0) is 17.1. The standard InChI is InChI=1S/C22H40N2.3CH4.3H2S/c1-14-18-11-17(22(18,4)5)12-20(14)24-9-8-23-13-15-6-7-16-10-19(15)21(16,2)3;;;;;;/h14-20,23-24H,6-13H2,1-5H3;3*1H4;3*1H2/t14-,15?,16?,17+,18?,19+,20-;;;;;;/m1....../s1. The molecule has 0 aromatic carbocycles.